The van der Waals surface area contributed by atoms with Gasteiger partial charge in [-0.05, 0) is 36.8 Å². The smallest absolute Gasteiger partial charge is 0.242 e. The van der Waals surface area contributed by atoms with Crippen molar-refractivity contribution in [3.8, 4) is 0 Å². The van der Waals surface area contributed by atoms with Crippen LogP contribution in [0.2, 0.25) is 5.02 Å². The van der Waals surface area contributed by atoms with Gasteiger partial charge < -0.3 is 10.2 Å². The number of furan rings is 1. The number of benzene rings is 1. The van der Waals surface area contributed by atoms with Gasteiger partial charge >= 0.3 is 0 Å². The molecule has 0 aliphatic rings. The molecule has 0 bridgehead atoms. The lowest BCUT2D eigenvalue weighted by molar-refractivity contribution is 0.475. The molecule has 0 aliphatic heterocycles. The van der Waals surface area contributed by atoms with E-state index in [4.69, 9.17) is 21.8 Å². The second-order valence-electron chi connectivity index (χ2n) is 4.31. The summed E-state index contributed by atoms with van der Waals surface area (Å²) in [6, 6.07) is 8.17. The van der Waals surface area contributed by atoms with Crippen molar-refractivity contribution in [3.05, 3.63) is 52.4 Å². The Hall–Kier alpha value is -1.34. The quantitative estimate of drug-likeness (QED) is 0.885. The van der Waals surface area contributed by atoms with Crippen molar-refractivity contribution >= 4 is 21.6 Å². The predicted molar refractivity (Wildman–Crippen MR) is 76.8 cm³/mol. The first-order valence-electron chi connectivity index (χ1n) is 5.96. The Morgan fingerprint density at radius 2 is 2.05 bits per heavy atom. The first-order valence-corrected chi connectivity index (χ1v) is 7.82. The molecular weight excluding hydrogens is 300 g/mol. The van der Waals surface area contributed by atoms with E-state index in [1.807, 2.05) is 0 Å². The molecule has 0 spiro atoms. The van der Waals surface area contributed by atoms with Gasteiger partial charge in [0.25, 0.3) is 0 Å². The Kier molecular flexibility index (Phi) is 4.49. The van der Waals surface area contributed by atoms with Crippen molar-refractivity contribution in [2.75, 3.05) is 0 Å². The molecule has 0 radical (unpaired) electrons. The molecule has 2 rings (SSSR count). The Bertz CT molecular complexity index is 710. The van der Waals surface area contributed by atoms with Gasteiger partial charge in [0.1, 0.15) is 16.4 Å². The van der Waals surface area contributed by atoms with Crippen LogP contribution in [0.4, 0.5) is 0 Å². The van der Waals surface area contributed by atoms with Gasteiger partial charge in [0.15, 0.2) is 0 Å². The van der Waals surface area contributed by atoms with Crippen LogP contribution in [0.1, 0.15) is 17.1 Å². The molecular formula is C13H15ClN2O3S. The number of aryl methyl sites for hydroxylation is 1. The maximum atomic E-state index is 12.2. The van der Waals surface area contributed by atoms with Crippen molar-refractivity contribution in [2.45, 2.75) is 24.9 Å². The summed E-state index contributed by atoms with van der Waals surface area (Å²) in [5.41, 5.74) is 6.20. The van der Waals surface area contributed by atoms with Crippen LogP contribution in [-0.2, 0) is 23.1 Å². The van der Waals surface area contributed by atoms with Crippen LogP contribution in [0.15, 0.2) is 39.6 Å². The minimum absolute atomic E-state index is 0.0189. The summed E-state index contributed by atoms with van der Waals surface area (Å²) in [7, 11) is -3.71. The van der Waals surface area contributed by atoms with E-state index in [1.165, 1.54) is 12.1 Å². The molecule has 0 saturated heterocycles. The summed E-state index contributed by atoms with van der Waals surface area (Å²) < 4.78 is 32.2. The normalized spacial score (nSPS) is 11.8. The highest BCUT2D eigenvalue weighted by Crippen LogP contribution is 2.22. The Morgan fingerprint density at radius 1 is 1.30 bits per heavy atom. The minimum atomic E-state index is -3.71. The van der Waals surface area contributed by atoms with E-state index in [9.17, 15) is 8.42 Å². The van der Waals surface area contributed by atoms with Crippen molar-refractivity contribution in [3.63, 3.8) is 0 Å². The summed E-state index contributed by atoms with van der Waals surface area (Å²) in [6.45, 7) is 2.11. The van der Waals surface area contributed by atoms with Gasteiger partial charge in [0.2, 0.25) is 10.0 Å². The molecule has 1 heterocycles. The van der Waals surface area contributed by atoms with E-state index in [1.54, 1.807) is 25.1 Å². The molecule has 0 fully saturated rings. The van der Waals surface area contributed by atoms with Crippen LogP contribution in [0, 0.1) is 6.92 Å². The van der Waals surface area contributed by atoms with Gasteiger partial charge in [-0.25, -0.2) is 13.1 Å². The lowest BCUT2D eigenvalue weighted by Gasteiger charge is -2.08. The van der Waals surface area contributed by atoms with E-state index >= 15 is 0 Å². The molecule has 3 N–H and O–H groups in total. The number of hydrogen-bond donors (Lipinski definition) is 2. The third-order valence-electron chi connectivity index (χ3n) is 2.75. The van der Waals surface area contributed by atoms with Gasteiger partial charge in [-0.2, -0.15) is 0 Å². The Labute approximate surface area is 122 Å². The number of rotatable bonds is 5. The maximum absolute atomic E-state index is 12.2. The van der Waals surface area contributed by atoms with Gasteiger partial charge in [0.05, 0.1) is 11.6 Å². The molecule has 108 valence electrons. The lowest BCUT2D eigenvalue weighted by atomic mass is 10.2. The molecule has 0 unspecified atom stereocenters. The second kappa shape index (κ2) is 5.97. The first kappa shape index (κ1) is 15.1. The molecule has 0 atom stereocenters. The molecule has 7 heteroatoms. The summed E-state index contributed by atoms with van der Waals surface area (Å²) in [6.07, 6.45) is 0. The number of nitrogens with one attached hydrogen (secondary N) is 1. The zero-order valence-electron chi connectivity index (χ0n) is 10.9. The molecule has 0 saturated carbocycles. The van der Waals surface area contributed by atoms with Crippen molar-refractivity contribution in [2.24, 2.45) is 5.73 Å². The zero-order valence-corrected chi connectivity index (χ0v) is 12.5. The van der Waals surface area contributed by atoms with E-state index in [0.717, 1.165) is 5.76 Å². The molecule has 0 amide bonds. The number of nitrogens with two attached hydrogens (primary N) is 1. The van der Waals surface area contributed by atoms with Crippen LogP contribution < -0.4 is 10.5 Å². The van der Waals surface area contributed by atoms with E-state index < -0.39 is 10.0 Å². The van der Waals surface area contributed by atoms with Crippen LogP contribution in [-0.4, -0.2) is 8.42 Å². The fourth-order valence-electron chi connectivity index (χ4n) is 1.70. The number of hydrogen-bond acceptors (Lipinski definition) is 4. The fraction of sp³-hybridized carbons (Fsp3) is 0.231. The highest BCUT2D eigenvalue weighted by Gasteiger charge is 2.18. The SMILES string of the molecule is Cc1ccc(CNS(=O)(=O)c2cc(CN)ccc2Cl)o1. The van der Waals surface area contributed by atoms with E-state index in [2.05, 4.69) is 4.72 Å². The van der Waals surface area contributed by atoms with Crippen molar-refractivity contribution < 1.29 is 12.8 Å². The maximum Gasteiger partial charge on any atom is 0.242 e. The molecule has 0 aliphatic carbocycles. The number of sulfonamides is 1. The molecule has 2 aromatic rings. The summed E-state index contributed by atoms with van der Waals surface area (Å²) in [5.74, 6) is 1.26. The summed E-state index contributed by atoms with van der Waals surface area (Å²) in [5, 5.41) is 0.158. The van der Waals surface area contributed by atoms with Crippen LogP contribution >= 0.6 is 11.6 Å². The van der Waals surface area contributed by atoms with Crippen LogP contribution in [0.5, 0.6) is 0 Å². The molecule has 5 nitrogen and oxygen atoms in total. The monoisotopic (exact) mass is 314 g/mol. The summed E-state index contributed by atoms with van der Waals surface area (Å²) in [4.78, 5) is 0.0189. The lowest BCUT2D eigenvalue weighted by Crippen LogP contribution is -2.23. The van der Waals surface area contributed by atoms with E-state index in [-0.39, 0.29) is 23.0 Å². The zero-order chi connectivity index (χ0) is 14.8. The Balaban J connectivity index is 2.21. The minimum Gasteiger partial charge on any atom is -0.465 e. The van der Waals surface area contributed by atoms with E-state index in [0.29, 0.717) is 11.3 Å². The second-order valence-corrected chi connectivity index (χ2v) is 6.45. The largest absolute Gasteiger partial charge is 0.465 e. The molecule has 1 aromatic carbocycles. The van der Waals surface area contributed by atoms with Crippen LogP contribution in [0.3, 0.4) is 0 Å². The first-order chi connectivity index (χ1) is 9.42. The standard InChI is InChI=1S/C13H15ClN2O3S/c1-9-2-4-11(19-9)8-16-20(17,18)13-6-10(7-15)3-5-12(13)14/h2-6,16H,7-8,15H2,1H3. The number of halogens is 1. The van der Waals surface area contributed by atoms with Gasteiger partial charge in [-0.15, -0.1) is 0 Å². The Morgan fingerprint density at radius 3 is 2.65 bits per heavy atom. The highest BCUT2D eigenvalue weighted by molar-refractivity contribution is 7.89. The third kappa shape index (κ3) is 3.40. The van der Waals surface area contributed by atoms with Crippen molar-refractivity contribution in [1.82, 2.24) is 4.72 Å². The topological polar surface area (TPSA) is 85.3 Å². The van der Waals surface area contributed by atoms with Crippen molar-refractivity contribution in [1.29, 1.82) is 0 Å². The highest BCUT2D eigenvalue weighted by atomic mass is 35.5. The van der Waals surface area contributed by atoms with Gasteiger partial charge in [-0.3, -0.25) is 0 Å². The summed E-state index contributed by atoms with van der Waals surface area (Å²) >= 11 is 5.94. The van der Waals surface area contributed by atoms with Gasteiger partial charge in [0, 0.05) is 6.54 Å². The van der Waals surface area contributed by atoms with Gasteiger partial charge in [-0.1, -0.05) is 17.7 Å². The van der Waals surface area contributed by atoms with Crippen LogP contribution in [0.25, 0.3) is 0 Å². The molecule has 20 heavy (non-hydrogen) atoms. The average molecular weight is 315 g/mol. The molecule has 1 aromatic heterocycles. The third-order valence-corrected chi connectivity index (χ3v) is 4.64. The average Bonchev–Trinajstić information content (AvgIpc) is 2.83. The predicted octanol–water partition coefficient (Wildman–Crippen LogP) is 2.18. The fourth-order valence-corrected chi connectivity index (χ4v) is 3.25.